The predicted molar refractivity (Wildman–Crippen MR) is 107 cm³/mol. The van der Waals surface area contributed by atoms with E-state index in [1.165, 1.54) is 0 Å². The van der Waals surface area contributed by atoms with Crippen molar-refractivity contribution in [1.29, 1.82) is 0 Å². The fourth-order valence-corrected chi connectivity index (χ4v) is 3.44. The zero-order valence-electron chi connectivity index (χ0n) is 14.8. The molecule has 0 aliphatic heterocycles. The van der Waals surface area contributed by atoms with Crippen molar-refractivity contribution >= 4 is 27.9 Å². The van der Waals surface area contributed by atoms with Crippen molar-refractivity contribution in [1.82, 2.24) is 24.5 Å². The topological polar surface area (TPSA) is 71.4 Å². The van der Waals surface area contributed by atoms with Gasteiger partial charge >= 0.3 is 0 Å². The number of anilines is 1. The van der Waals surface area contributed by atoms with Crippen LogP contribution >= 0.6 is 0 Å². The number of aromatic amines is 1. The standard InChI is InChI=1S/C21H18N6/c1-14(25-20-16-11-12-22-19(16)23-13-24-20)21-26-17-9-5-6-10-18(17)27(21)15-7-3-2-4-8-15/h2-14H,1H3,(H2,22,23,24,25)/t14-/m0/s1. The Morgan fingerprint density at radius 1 is 0.963 bits per heavy atom. The molecule has 2 aromatic carbocycles. The first-order valence-corrected chi connectivity index (χ1v) is 8.89. The molecule has 0 fully saturated rings. The Labute approximate surface area is 155 Å². The summed E-state index contributed by atoms with van der Waals surface area (Å²) in [6, 6.07) is 20.4. The minimum atomic E-state index is -0.0504. The van der Waals surface area contributed by atoms with E-state index in [4.69, 9.17) is 4.98 Å². The molecule has 132 valence electrons. The lowest BCUT2D eigenvalue weighted by molar-refractivity contribution is 0.770. The van der Waals surface area contributed by atoms with E-state index in [1.54, 1.807) is 6.33 Å². The Kier molecular flexibility index (Phi) is 3.60. The molecule has 0 saturated heterocycles. The predicted octanol–water partition coefficient (Wildman–Crippen LogP) is 4.47. The SMILES string of the molecule is C[C@H](Nc1ncnc2[nH]ccc12)c1nc2ccccc2n1-c1ccccc1. The van der Waals surface area contributed by atoms with E-state index in [2.05, 4.69) is 50.0 Å². The van der Waals surface area contributed by atoms with Gasteiger partial charge in [-0.15, -0.1) is 0 Å². The van der Waals surface area contributed by atoms with Crippen LogP contribution in [0.2, 0.25) is 0 Å². The Hall–Kier alpha value is -3.67. The Morgan fingerprint density at radius 2 is 1.78 bits per heavy atom. The molecule has 0 aliphatic rings. The highest BCUT2D eigenvalue weighted by Crippen LogP contribution is 2.28. The van der Waals surface area contributed by atoms with Crippen molar-refractivity contribution in [2.24, 2.45) is 0 Å². The first-order chi connectivity index (χ1) is 13.3. The fraction of sp³-hybridized carbons (Fsp3) is 0.0952. The summed E-state index contributed by atoms with van der Waals surface area (Å²) in [5.41, 5.74) is 3.96. The molecule has 5 aromatic rings. The number of H-pyrrole nitrogens is 1. The van der Waals surface area contributed by atoms with Gasteiger partial charge in [-0.25, -0.2) is 15.0 Å². The summed E-state index contributed by atoms with van der Waals surface area (Å²) in [7, 11) is 0. The van der Waals surface area contributed by atoms with Crippen molar-refractivity contribution in [2.75, 3.05) is 5.32 Å². The normalized spacial score (nSPS) is 12.5. The fourth-order valence-electron chi connectivity index (χ4n) is 3.44. The van der Waals surface area contributed by atoms with E-state index in [9.17, 15) is 0 Å². The van der Waals surface area contributed by atoms with Crippen LogP contribution in [0.3, 0.4) is 0 Å². The summed E-state index contributed by atoms with van der Waals surface area (Å²) in [6.45, 7) is 2.10. The molecule has 27 heavy (non-hydrogen) atoms. The average Bonchev–Trinajstić information content (AvgIpc) is 3.34. The molecule has 5 rings (SSSR count). The zero-order chi connectivity index (χ0) is 18.2. The number of aromatic nitrogens is 5. The molecule has 1 atom stereocenters. The molecule has 3 aromatic heterocycles. The van der Waals surface area contributed by atoms with Gasteiger partial charge in [-0.3, -0.25) is 4.57 Å². The Bertz CT molecular complexity index is 1220. The smallest absolute Gasteiger partial charge is 0.142 e. The van der Waals surface area contributed by atoms with Crippen molar-refractivity contribution in [3.63, 3.8) is 0 Å². The largest absolute Gasteiger partial charge is 0.360 e. The van der Waals surface area contributed by atoms with Gasteiger partial charge in [-0.2, -0.15) is 0 Å². The minimum Gasteiger partial charge on any atom is -0.360 e. The maximum atomic E-state index is 4.90. The summed E-state index contributed by atoms with van der Waals surface area (Å²) in [5, 5.41) is 4.47. The van der Waals surface area contributed by atoms with Crippen LogP contribution in [0.25, 0.3) is 27.8 Å². The summed E-state index contributed by atoms with van der Waals surface area (Å²) in [4.78, 5) is 16.7. The third-order valence-electron chi connectivity index (χ3n) is 4.70. The van der Waals surface area contributed by atoms with Gasteiger partial charge in [0, 0.05) is 11.9 Å². The molecule has 0 spiro atoms. The van der Waals surface area contributed by atoms with Crippen LogP contribution in [0.15, 0.2) is 73.2 Å². The number of hydrogen-bond donors (Lipinski definition) is 2. The van der Waals surface area contributed by atoms with Gasteiger partial charge in [0.05, 0.1) is 22.5 Å². The lowest BCUT2D eigenvalue weighted by atomic mass is 10.2. The van der Waals surface area contributed by atoms with Gasteiger partial charge < -0.3 is 10.3 Å². The van der Waals surface area contributed by atoms with Crippen molar-refractivity contribution in [3.05, 3.63) is 79.0 Å². The lowest BCUT2D eigenvalue weighted by Gasteiger charge is -2.17. The maximum Gasteiger partial charge on any atom is 0.142 e. The number of para-hydroxylation sites is 3. The molecule has 0 radical (unpaired) electrons. The maximum absolute atomic E-state index is 4.90. The van der Waals surface area contributed by atoms with E-state index in [0.717, 1.165) is 39.4 Å². The molecule has 6 heteroatoms. The Morgan fingerprint density at radius 3 is 2.67 bits per heavy atom. The monoisotopic (exact) mass is 354 g/mol. The van der Waals surface area contributed by atoms with Gasteiger partial charge in [0.25, 0.3) is 0 Å². The molecular weight excluding hydrogens is 336 g/mol. The molecule has 3 heterocycles. The second-order valence-corrected chi connectivity index (χ2v) is 6.46. The third kappa shape index (κ3) is 2.62. The summed E-state index contributed by atoms with van der Waals surface area (Å²) >= 11 is 0. The van der Waals surface area contributed by atoms with Crippen LogP contribution in [-0.2, 0) is 0 Å². The molecule has 0 aliphatic carbocycles. The number of imidazole rings is 1. The Balaban J connectivity index is 1.63. The van der Waals surface area contributed by atoms with Gasteiger partial charge in [0.15, 0.2) is 0 Å². The molecule has 0 saturated carbocycles. The second-order valence-electron chi connectivity index (χ2n) is 6.46. The van der Waals surface area contributed by atoms with Crippen molar-refractivity contribution in [2.45, 2.75) is 13.0 Å². The lowest BCUT2D eigenvalue weighted by Crippen LogP contribution is -2.14. The van der Waals surface area contributed by atoms with E-state index in [1.807, 2.05) is 48.7 Å². The highest BCUT2D eigenvalue weighted by atomic mass is 15.1. The third-order valence-corrected chi connectivity index (χ3v) is 4.70. The van der Waals surface area contributed by atoms with Gasteiger partial charge in [-0.05, 0) is 37.3 Å². The van der Waals surface area contributed by atoms with Crippen LogP contribution < -0.4 is 5.32 Å². The van der Waals surface area contributed by atoms with E-state index >= 15 is 0 Å². The van der Waals surface area contributed by atoms with E-state index < -0.39 is 0 Å². The summed E-state index contributed by atoms with van der Waals surface area (Å²) in [6.07, 6.45) is 3.43. The van der Waals surface area contributed by atoms with Crippen LogP contribution in [0.4, 0.5) is 5.82 Å². The number of hydrogen-bond acceptors (Lipinski definition) is 4. The summed E-state index contributed by atoms with van der Waals surface area (Å²) < 4.78 is 2.20. The first kappa shape index (κ1) is 15.6. The summed E-state index contributed by atoms with van der Waals surface area (Å²) in [5.74, 6) is 1.73. The molecule has 0 amide bonds. The highest BCUT2D eigenvalue weighted by Gasteiger charge is 2.19. The minimum absolute atomic E-state index is 0.0504. The van der Waals surface area contributed by atoms with Crippen molar-refractivity contribution < 1.29 is 0 Å². The van der Waals surface area contributed by atoms with Crippen molar-refractivity contribution in [3.8, 4) is 5.69 Å². The van der Waals surface area contributed by atoms with Crippen LogP contribution in [-0.4, -0.2) is 24.5 Å². The molecule has 2 N–H and O–H groups in total. The molecular formula is C21H18N6. The number of rotatable bonds is 4. The number of nitrogens with zero attached hydrogens (tertiary/aromatic N) is 4. The zero-order valence-corrected chi connectivity index (χ0v) is 14.8. The van der Waals surface area contributed by atoms with Crippen LogP contribution in [0, 0.1) is 0 Å². The molecule has 0 bridgehead atoms. The number of fused-ring (bicyclic) bond motifs is 2. The average molecular weight is 354 g/mol. The first-order valence-electron chi connectivity index (χ1n) is 8.89. The highest BCUT2D eigenvalue weighted by molar-refractivity contribution is 5.87. The quantitative estimate of drug-likeness (QED) is 0.499. The van der Waals surface area contributed by atoms with Gasteiger partial charge in [0.2, 0.25) is 0 Å². The van der Waals surface area contributed by atoms with E-state index in [-0.39, 0.29) is 6.04 Å². The van der Waals surface area contributed by atoms with E-state index in [0.29, 0.717) is 0 Å². The second kappa shape index (κ2) is 6.25. The van der Waals surface area contributed by atoms with Gasteiger partial charge in [-0.1, -0.05) is 30.3 Å². The van der Waals surface area contributed by atoms with Crippen LogP contribution in [0.1, 0.15) is 18.8 Å². The number of benzene rings is 2. The van der Waals surface area contributed by atoms with Gasteiger partial charge in [0.1, 0.15) is 23.6 Å². The molecule has 6 nitrogen and oxygen atoms in total. The van der Waals surface area contributed by atoms with Crippen LogP contribution in [0.5, 0.6) is 0 Å². The molecule has 0 unspecified atom stereocenters. The number of nitrogens with one attached hydrogen (secondary N) is 2.